The second-order valence-corrected chi connectivity index (χ2v) is 5.36. The third kappa shape index (κ3) is 3.68. The second kappa shape index (κ2) is 6.36. The molecule has 1 aliphatic rings. The third-order valence-electron chi connectivity index (χ3n) is 3.93. The van der Waals surface area contributed by atoms with Gasteiger partial charge in [-0.15, -0.1) is 0 Å². The van der Waals surface area contributed by atoms with Crippen molar-refractivity contribution >= 4 is 0 Å². The molecule has 19 heavy (non-hydrogen) atoms. The number of hydrogen-bond donors (Lipinski definition) is 0. The van der Waals surface area contributed by atoms with E-state index in [9.17, 15) is 0 Å². The molecule has 1 saturated heterocycles. The van der Waals surface area contributed by atoms with Crippen molar-refractivity contribution < 1.29 is 9.47 Å². The Morgan fingerprint density at radius 1 is 1.37 bits per heavy atom. The second-order valence-electron chi connectivity index (χ2n) is 5.36. The van der Waals surface area contributed by atoms with Crippen LogP contribution < -0.4 is 0 Å². The molecule has 0 amide bonds. The molecule has 0 unspecified atom stereocenters. The summed E-state index contributed by atoms with van der Waals surface area (Å²) < 4.78 is 11.8. The highest BCUT2D eigenvalue weighted by Crippen LogP contribution is 2.36. The smallest absolute Gasteiger partial charge is 0.171 e. The zero-order valence-corrected chi connectivity index (χ0v) is 12.0. The number of methoxy groups -OCH3 is 1. The molecule has 104 valence electrons. The molecular weight excluding hydrogens is 236 g/mol. The molecule has 0 radical (unpaired) electrons. The van der Waals surface area contributed by atoms with Gasteiger partial charge < -0.3 is 9.47 Å². The summed E-state index contributed by atoms with van der Waals surface area (Å²) in [6, 6.07) is 10.6. The van der Waals surface area contributed by atoms with Gasteiger partial charge in [0.15, 0.2) is 5.79 Å². The fourth-order valence-electron chi connectivity index (χ4n) is 2.77. The van der Waals surface area contributed by atoms with Crippen LogP contribution in [0.1, 0.15) is 38.2 Å². The first-order chi connectivity index (χ1) is 9.17. The Hall–Kier alpha value is -1.12. The van der Waals surface area contributed by atoms with Crippen molar-refractivity contribution in [3.8, 4) is 0 Å². The van der Waals surface area contributed by atoms with Crippen molar-refractivity contribution in [2.75, 3.05) is 7.11 Å². The van der Waals surface area contributed by atoms with E-state index < -0.39 is 5.79 Å². The molecule has 0 saturated carbocycles. The van der Waals surface area contributed by atoms with Crippen LogP contribution in [0.4, 0.5) is 0 Å². The average Bonchev–Trinajstić information content (AvgIpc) is 2.45. The van der Waals surface area contributed by atoms with Crippen molar-refractivity contribution in [2.45, 2.75) is 50.9 Å². The summed E-state index contributed by atoms with van der Waals surface area (Å²) in [7, 11) is 1.73. The Morgan fingerprint density at radius 3 is 2.74 bits per heavy atom. The van der Waals surface area contributed by atoms with Crippen molar-refractivity contribution in [3.05, 3.63) is 48.0 Å². The highest BCUT2D eigenvalue weighted by atomic mass is 16.7. The van der Waals surface area contributed by atoms with Crippen molar-refractivity contribution in [3.63, 3.8) is 0 Å². The molecule has 2 heteroatoms. The van der Waals surface area contributed by atoms with Gasteiger partial charge in [-0.1, -0.05) is 49.4 Å². The Labute approximate surface area is 116 Å². The van der Waals surface area contributed by atoms with Gasteiger partial charge in [0.05, 0.1) is 6.10 Å². The number of benzene rings is 1. The monoisotopic (exact) mass is 260 g/mol. The Kier molecular flexibility index (Phi) is 4.78. The van der Waals surface area contributed by atoms with Gasteiger partial charge in [0, 0.05) is 13.5 Å². The summed E-state index contributed by atoms with van der Waals surface area (Å²) in [5.41, 5.74) is 2.61. The quantitative estimate of drug-likeness (QED) is 0.742. The van der Waals surface area contributed by atoms with Gasteiger partial charge in [0.1, 0.15) is 0 Å². The Morgan fingerprint density at radius 2 is 2.11 bits per heavy atom. The predicted molar refractivity (Wildman–Crippen MR) is 78.0 cm³/mol. The zero-order chi connectivity index (χ0) is 13.7. The molecule has 0 spiro atoms. The molecule has 0 aromatic heterocycles. The van der Waals surface area contributed by atoms with Gasteiger partial charge in [0.2, 0.25) is 0 Å². The van der Waals surface area contributed by atoms with Crippen LogP contribution in [0.15, 0.2) is 42.5 Å². The van der Waals surface area contributed by atoms with Crippen LogP contribution in [-0.4, -0.2) is 19.0 Å². The predicted octanol–water partition coefficient (Wildman–Crippen LogP) is 4.11. The summed E-state index contributed by atoms with van der Waals surface area (Å²) >= 11 is 0. The minimum Gasteiger partial charge on any atom is -0.353 e. The lowest BCUT2D eigenvalue weighted by atomic mass is 9.92. The summed E-state index contributed by atoms with van der Waals surface area (Å²) in [5.74, 6) is -0.448. The Balaban J connectivity index is 1.95. The lowest BCUT2D eigenvalue weighted by molar-refractivity contribution is -0.259. The van der Waals surface area contributed by atoms with Crippen LogP contribution in [0.5, 0.6) is 0 Å². The lowest BCUT2D eigenvalue weighted by Gasteiger charge is -2.40. The molecular formula is C17H24O2. The van der Waals surface area contributed by atoms with Gasteiger partial charge in [-0.05, 0) is 31.2 Å². The molecule has 1 fully saturated rings. The fourth-order valence-corrected chi connectivity index (χ4v) is 2.77. The van der Waals surface area contributed by atoms with E-state index in [1.54, 1.807) is 7.11 Å². The first kappa shape index (κ1) is 14.3. The van der Waals surface area contributed by atoms with E-state index in [4.69, 9.17) is 9.47 Å². The van der Waals surface area contributed by atoms with Gasteiger partial charge in [0.25, 0.3) is 0 Å². The van der Waals surface area contributed by atoms with Crippen LogP contribution >= 0.6 is 0 Å². The van der Waals surface area contributed by atoms with E-state index in [0.29, 0.717) is 0 Å². The molecule has 0 bridgehead atoms. The molecule has 0 aliphatic carbocycles. The normalized spacial score (nSPS) is 27.5. The largest absolute Gasteiger partial charge is 0.353 e. The molecule has 0 N–H and O–H groups in total. The first-order valence-corrected chi connectivity index (χ1v) is 7.11. The summed E-state index contributed by atoms with van der Waals surface area (Å²) in [6.45, 7) is 6.26. The third-order valence-corrected chi connectivity index (χ3v) is 3.93. The topological polar surface area (TPSA) is 18.5 Å². The molecule has 1 aliphatic heterocycles. The number of hydrogen-bond acceptors (Lipinski definition) is 2. The van der Waals surface area contributed by atoms with Gasteiger partial charge in [-0.3, -0.25) is 0 Å². The van der Waals surface area contributed by atoms with E-state index in [1.807, 2.05) is 0 Å². The zero-order valence-electron chi connectivity index (χ0n) is 12.0. The lowest BCUT2D eigenvalue weighted by Crippen LogP contribution is -2.42. The first-order valence-electron chi connectivity index (χ1n) is 7.11. The summed E-state index contributed by atoms with van der Waals surface area (Å²) in [4.78, 5) is 0. The molecule has 1 heterocycles. The molecule has 1 aromatic rings. The number of aryl methyl sites for hydroxylation is 1. The van der Waals surface area contributed by atoms with Crippen LogP contribution in [0.3, 0.4) is 0 Å². The van der Waals surface area contributed by atoms with Crippen LogP contribution in [0.2, 0.25) is 0 Å². The molecule has 2 atom stereocenters. The molecule has 1 aromatic carbocycles. The maximum Gasteiger partial charge on any atom is 0.171 e. The van der Waals surface area contributed by atoms with E-state index in [-0.39, 0.29) is 6.10 Å². The summed E-state index contributed by atoms with van der Waals surface area (Å²) in [6.07, 6.45) is 4.93. The maximum atomic E-state index is 6.18. The van der Waals surface area contributed by atoms with Crippen molar-refractivity contribution in [2.24, 2.45) is 0 Å². The SMILES string of the molecule is C=C1C[C@@H](CCc2ccccc2)O[C@](CC)(OC)C1. The highest BCUT2D eigenvalue weighted by Gasteiger charge is 2.37. The van der Waals surface area contributed by atoms with E-state index in [0.717, 1.165) is 32.1 Å². The van der Waals surface area contributed by atoms with Gasteiger partial charge in [-0.2, -0.15) is 0 Å². The van der Waals surface area contributed by atoms with Crippen LogP contribution in [0.25, 0.3) is 0 Å². The average molecular weight is 260 g/mol. The fraction of sp³-hybridized carbons (Fsp3) is 0.529. The Bertz CT molecular complexity index is 407. The highest BCUT2D eigenvalue weighted by molar-refractivity contribution is 5.15. The van der Waals surface area contributed by atoms with E-state index in [2.05, 4.69) is 43.8 Å². The van der Waals surface area contributed by atoms with Gasteiger partial charge >= 0.3 is 0 Å². The molecule has 2 rings (SSSR count). The summed E-state index contributed by atoms with van der Waals surface area (Å²) in [5, 5.41) is 0. The van der Waals surface area contributed by atoms with E-state index >= 15 is 0 Å². The standard InChI is InChI=1S/C17H24O2/c1-4-17(18-3)13-14(2)12-16(19-17)11-10-15-8-6-5-7-9-15/h5-9,16H,2,4,10-13H2,1,3H3/t16-,17+/m1/s1. The van der Waals surface area contributed by atoms with Crippen molar-refractivity contribution in [1.29, 1.82) is 0 Å². The maximum absolute atomic E-state index is 6.18. The molecule has 2 nitrogen and oxygen atoms in total. The van der Waals surface area contributed by atoms with Crippen LogP contribution in [-0.2, 0) is 15.9 Å². The van der Waals surface area contributed by atoms with Crippen LogP contribution in [0, 0.1) is 0 Å². The van der Waals surface area contributed by atoms with E-state index in [1.165, 1.54) is 11.1 Å². The van der Waals surface area contributed by atoms with Crippen molar-refractivity contribution in [1.82, 2.24) is 0 Å². The number of rotatable bonds is 5. The minimum absolute atomic E-state index is 0.223. The minimum atomic E-state index is -0.448. The van der Waals surface area contributed by atoms with Gasteiger partial charge in [-0.25, -0.2) is 0 Å². The number of ether oxygens (including phenoxy) is 2.